The standard InChI is InChI=1S/C11H15N3O3S/c1-8(15)7-14(2)18(16,17)11-4-3-9(6-12)5-10(11)13/h3-5,8,15H,7,13H2,1-2H3. The summed E-state index contributed by atoms with van der Waals surface area (Å²) >= 11 is 0. The highest BCUT2D eigenvalue weighted by Gasteiger charge is 2.24. The zero-order chi connectivity index (χ0) is 13.9. The molecule has 1 rings (SSSR count). The summed E-state index contributed by atoms with van der Waals surface area (Å²) in [5.74, 6) is 0. The Kier molecular flexibility index (Phi) is 4.29. The molecule has 1 atom stereocenters. The molecule has 0 saturated heterocycles. The fourth-order valence-electron chi connectivity index (χ4n) is 1.49. The van der Waals surface area contributed by atoms with Crippen molar-refractivity contribution in [2.45, 2.75) is 17.9 Å². The summed E-state index contributed by atoms with van der Waals surface area (Å²) in [7, 11) is -2.39. The average molecular weight is 269 g/mol. The van der Waals surface area contributed by atoms with Crippen molar-refractivity contribution in [3.8, 4) is 6.07 Å². The Hall–Kier alpha value is -1.62. The van der Waals surface area contributed by atoms with Crippen LogP contribution in [0.1, 0.15) is 12.5 Å². The van der Waals surface area contributed by atoms with Crippen LogP contribution in [-0.2, 0) is 10.0 Å². The molecule has 0 aromatic heterocycles. The van der Waals surface area contributed by atoms with Crippen molar-refractivity contribution in [3.63, 3.8) is 0 Å². The Labute approximate surface area is 106 Å². The first kappa shape index (κ1) is 14.4. The number of hydrogen-bond acceptors (Lipinski definition) is 5. The van der Waals surface area contributed by atoms with Crippen LogP contribution < -0.4 is 5.73 Å². The van der Waals surface area contributed by atoms with Gasteiger partial charge in [-0.3, -0.25) is 0 Å². The lowest BCUT2D eigenvalue weighted by atomic mass is 10.2. The van der Waals surface area contributed by atoms with Crippen LogP contribution in [0.4, 0.5) is 5.69 Å². The molecule has 0 heterocycles. The molecule has 0 fully saturated rings. The van der Waals surface area contributed by atoms with Gasteiger partial charge in [0, 0.05) is 13.6 Å². The van der Waals surface area contributed by atoms with Gasteiger partial charge in [0.05, 0.1) is 23.4 Å². The van der Waals surface area contributed by atoms with Gasteiger partial charge >= 0.3 is 0 Å². The maximum atomic E-state index is 12.1. The largest absolute Gasteiger partial charge is 0.398 e. The van der Waals surface area contributed by atoms with E-state index in [1.54, 1.807) is 0 Å². The second-order valence-corrected chi connectivity index (χ2v) is 6.01. The lowest BCUT2D eigenvalue weighted by molar-refractivity contribution is 0.171. The summed E-state index contributed by atoms with van der Waals surface area (Å²) in [6, 6.07) is 5.87. The Bertz CT molecular complexity index is 576. The van der Waals surface area contributed by atoms with Crippen molar-refractivity contribution < 1.29 is 13.5 Å². The highest BCUT2D eigenvalue weighted by atomic mass is 32.2. The average Bonchev–Trinajstić information content (AvgIpc) is 2.27. The van der Waals surface area contributed by atoms with Crippen LogP contribution in [0.5, 0.6) is 0 Å². The van der Waals surface area contributed by atoms with E-state index in [1.807, 2.05) is 6.07 Å². The Morgan fingerprint density at radius 1 is 1.56 bits per heavy atom. The highest BCUT2D eigenvalue weighted by Crippen LogP contribution is 2.22. The summed E-state index contributed by atoms with van der Waals surface area (Å²) in [5, 5.41) is 17.9. The number of anilines is 1. The van der Waals surface area contributed by atoms with Gasteiger partial charge < -0.3 is 10.8 Å². The molecule has 0 radical (unpaired) electrons. The fourth-order valence-corrected chi connectivity index (χ4v) is 2.84. The van der Waals surface area contributed by atoms with Crippen molar-refractivity contribution in [1.82, 2.24) is 4.31 Å². The quantitative estimate of drug-likeness (QED) is 0.756. The second kappa shape index (κ2) is 5.35. The number of nitrogens with two attached hydrogens (primary N) is 1. The van der Waals surface area contributed by atoms with Crippen molar-refractivity contribution in [3.05, 3.63) is 23.8 Å². The molecule has 0 amide bonds. The third-order valence-corrected chi connectivity index (χ3v) is 4.25. The van der Waals surface area contributed by atoms with Crippen LogP contribution in [0.2, 0.25) is 0 Å². The lowest BCUT2D eigenvalue weighted by Crippen LogP contribution is -2.33. The molecular formula is C11H15N3O3S. The molecule has 0 spiro atoms. The number of hydrogen-bond donors (Lipinski definition) is 2. The van der Waals surface area contributed by atoms with E-state index in [2.05, 4.69) is 0 Å². The molecule has 98 valence electrons. The Morgan fingerprint density at radius 3 is 2.61 bits per heavy atom. The second-order valence-electron chi connectivity index (χ2n) is 4.00. The van der Waals surface area contributed by atoms with Gasteiger partial charge in [0.25, 0.3) is 0 Å². The number of aliphatic hydroxyl groups is 1. The molecule has 0 aliphatic heterocycles. The molecule has 3 N–H and O–H groups in total. The van der Waals surface area contributed by atoms with E-state index in [0.29, 0.717) is 5.56 Å². The maximum absolute atomic E-state index is 12.1. The van der Waals surface area contributed by atoms with Crippen LogP contribution >= 0.6 is 0 Å². The van der Waals surface area contributed by atoms with Crippen molar-refractivity contribution in [1.29, 1.82) is 5.26 Å². The molecule has 18 heavy (non-hydrogen) atoms. The lowest BCUT2D eigenvalue weighted by Gasteiger charge is -2.19. The number of nitrogen functional groups attached to an aromatic ring is 1. The summed E-state index contributed by atoms with van der Waals surface area (Å²) in [6.07, 6.45) is -0.774. The van der Waals surface area contributed by atoms with E-state index < -0.39 is 16.1 Å². The SMILES string of the molecule is CC(O)CN(C)S(=O)(=O)c1ccc(C#N)cc1N. The third-order valence-electron chi connectivity index (χ3n) is 2.35. The first-order valence-corrected chi connectivity index (χ1v) is 6.67. The van der Waals surface area contributed by atoms with Gasteiger partial charge in [0.1, 0.15) is 4.90 Å². The predicted octanol–water partition coefficient (Wildman–Crippen LogP) is 0.142. The van der Waals surface area contributed by atoms with E-state index in [9.17, 15) is 13.5 Å². The molecule has 6 nitrogen and oxygen atoms in total. The first-order valence-electron chi connectivity index (χ1n) is 5.23. The minimum atomic E-state index is -3.75. The van der Waals surface area contributed by atoms with Gasteiger partial charge in [-0.2, -0.15) is 9.57 Å². The predicted molar refractivity (Wildman–Crippen MR) is 67.1 cm³/mol. The van der Waals surface area contributed by atoms with Gasteiger partial charge in [-0.15, -0.1) is 0 Å². The monoisotopic (exact) mass is 269 g/mol. The van der Waals surface area contributed by atoms with E-state index in [1.165, 1.54) is 32.2 Å². The van der Waals surface area contributed by atoms with Gasteiger partial charge in [-0.1, -0.05) is 0 Å². The van der Waals surface area contributed by atoms with E-state index >= 15 is 0 Å². The first-order chi connectivity index (χ1) is 8.28. The minimum absolute atomic E-state index is 0.0199. The van der Waals surface area contributed by atoms with Gasteiger partial charge in [0.2, 0.25) is 10.0 Å². The third kappa shape index (κ3) is 2.98. The van der Waals surface area contributed by atoms with Gasteiger partial charge in [-0.25, -0.2) is 8.42 Å². The molecule has 0 saturated carbocycles. The molecule has 1 unspecified atom stereocenters. The molecule has 0 aliphatic rings. The van der Waals surface area contributed by atoms with Crippen LogP contribution in [0.3, 0.4) is 0 Å². The molecule has 0 bridgehead atoms. The van der Waals surface area contributed by atoms with E-state index in [-0.39, 0.29) is 17.1 Å². The van der Waals surface area contributed by atoms with Crippen LogP contribution in [0.15, 0.2) is 23.1 Å². The Morgan fingerprint density at radius 2 is 2.17 bits per heavy atom. The van der Waals surface area contributed by atoms with Crippen molar-refractivity contribution >= 4 is 15.7 Å². The summed E-state index contributed by atoms with van der Waals surface area (Å²) < 4.78 is 25.3. The zero-order valence-corrected chi connectivity index (χ0v) is 11.0. The number of rotatable bonds is 4. The molecule has 0 aliphatic carbocycles. The Balaban J connectivity index is 3.17. The summed E-state index contributed by atoms with van der Waals surface area (Å²) in [4.78, 5) is -0.0651. The van der Waals surface area contributed by atoms with Crippen LogP contribution in [0, 0.1) is 11.3 Å². The normalized spacial score (nSPS) is 13.3. The molecule has 1 aromatic rings. The topological polar surface area (TPSA) is 107 Å². The van der Waals surface area contributed by atoms with Crippen LogP contribution in [0.25, 0.3) is 0 Å². The van der Waals surface area contributed by atoms with Crippen molar-refractivity contribution in [2.24, 2.45) is 0 Å². The summed E-state index contributed by atoms with van der Waals surface area (Å²) in [6.45, 7) is 1.47. The minimum Gasteiger partial charge on any atom is -0.398 e. The molecular weight excluding hydrogens is 254 g/mol. The number of benzene rings is 1. The van der Waals surface area contributed by atoms with E-state index in [0.717, 1.165) is 4.31 Å². The number of aliphatic hydroxyl groups excluding tert-OH is 1. The van der Waals surface area contributed by atoms with Crippen molar-refractivity contribution in [2.75, 3.05) is 19.3 Å². The van der Waals surface area contributed by atoms with Gasteiger partial charge in [0.15, 0.2) is 0 Å². The smallest absolute Gasteiger partial charge is 0.244 e. The number of nitriles is 1. The summed E-state index contributed by atoms with van der Waals surface area (Å²) in [5.41, 5.74) is 5.95. The maximum Gasteiger partial charge on any atom is 0.244 e. The molecule has 7 heteroatoms. The number of likely N-dealkylation sites (N-methyl/N-ethyl adjacent to an activating group) is 1. The highest BCUT2D eigenvalue weighted by molar-refractivity contribution is 7.89. The number of sulfonamides is 1. The van der Waals surface area contributed by atoms with Crippen LogP contribution in [-0.4, -0.2) is 37.5 Å². The zero-order valence-electron chi connectivity index (χ0n) is 10.2. The fraction of sp³-hybridized carbons (Fsp3) is 0.364. The van der Waals surface area contributed by atoms with Gasteiger partial charge in [-0.05, 0) is 25.1 Å². The number of nitrogens with zero attached hydrogens (tertiary/aromatic N) is 2. The molecule has 1 aromatic carbocycles. The van der Waals surface area contributed by atoms with E-state index in [4.69, 9.17) is 11.0 Å².